The summed E-state index contributed by atoms with van der Waals surface area (Å²) in [5, 5.41) is 7.05. The molecule has 2 nitrogen and oxygen atoms in total. The number of hydrogen-bond donors (Lipinski definition) is 1. The van der Waals surface area contributed by atoms with Gasteiger partial charge in [0.15, 0.2) is 0 Å². The minimum atomic E-state index is -4.21. The minimum Gasteiger partial charge on any atom is -0.355 e. The van der Waals surface area contributed by atoms with E-state index in [4.69, 9.17) is 5.41 Å². The van der Waals surface area contributed by atoms with Gasteiger partial charge in [0.1, 0.15) is 6.54 Å². The first kappa shape index (κ1) is 10.3. The van der Waals surface area contributed by atoms with E-state index in [-0.39, 0.29) is 5.84 Å². The molecular weight excluding hydrogens is 157 g/mol. The maximum atomic E-state index is 11.7. The first-order valence-corrected chi connectivity index (χ1v) is 3.22. The lowest BCUT2D eigenvalue weighted by Crippen LogP contribution is -2.34. The van der Waals surface area contributed by atoms with Gasteiger partial charge in [0.05, 0.1) is 5.84 Å². The molecule has 0 aliphatic heterocycles. The summed E-state index contributed by atoms with van der Waals surface area (Å²) in [4.78, 5) is 0.889. The topological polar surface area (TPSA) is 27.1 Å². The van der Waals surface area contributed by atoms with E-state index in [1.165, 1.54) is 7.05 Å². The van der Waals surface area contributed by atoms with Gasteiger partial charge in [0, 0.05) is 13.5 Å². The number of rotatable bonds is 2. The van der Waals surface area contributed by atoms with Gasteiger partial charge < -0.3 is 4.90 Å². The quantitative estimate of drug-likeness (QED) is 0.494. The molecule has 0 spiro atoms. The molecule has 0 amide bonds. The second-order valence-corrected chi connectivity index (χ2v) is 2.27. The molecule has 1 N–H and O–H groups in total. The highest BCUT2D eigenvalue weighted by Crippen LogP contribution is 2.15. The summed E-state index contributed by atoms with van der Waals surface area (Å²) in [6.45, 7) is 0.606. The summed E-state index contributed by atoms with van der Waals surface area (Å²) in [6, 6.07) is 0. The van der Waals surface area contributed by atoms with E-state index in [0.717, 1.165) is 4.90 Å². The van der Waals surface area contributed by atoms with Crippen molar-refractivity contribution in [3.63, 3.8) is 0 Å². The molecule has 0 aromatic carbocycles. The van der Waals surface area contributed by atoms with Crippen molar-refractivity contribution in [1.29, 1.82) is 5.41 Å². The minimum absolute atomic E-state index is 0.00215. The Balaban J connectivity index is 3.87. The van der Waals surface area contributed by atoms with Crippen LogP contribution in [0.5, 0.6) is 0 Å². The molecule has 0 unspecified atom stereocenters. The zero-order valence-electron chi connectivity index (χ0n) is 6.50. The number of alkyl halides is 3. The van der Waals surface area contributed by atoms with Crippen molar-refractivity contribution < 1.29 is 13.2 Å². The van der Waals surface area contributed by atoms with Crippen LogP contribution in [-0.2, 0) is 0 Å². The van der Waals surface area contributed by atoms with E-state index < -0.39 is 12.7 Å². The monoisotopic (exact) mass is 168 g/mol. The van der Waals surface area contributed by atoms with Crippen LogP contribution in [0.4, 0.5) is 13.2 Å². The molecule has 11 heavy (non-hydrogen) atoms. The predicted octanol–water partition coefficient (Wildman–Crippen LogP) is 1.87. The standard InChI is InChI=1S/C6H11F3N2/c1-3-5(10)11(2)4-6(7,8)9/h10H,3-4H2,1-2H3. The summed E-state index contributed by atoms with van der Waals surface area (Å²) in [6.07, 6.45) is -3.89. The van der Waals surface area contributed by atoms with Gasteiger partial charge >= 0.3 is 6.18 Å². The summed E-state index contributed by atoms with van der Waals surface area (Å²) < 4.78 is 35.0. The van der Waals surface area contributed by atoms with Crippen molar-refractivity contribution in [2.75, 3.05) is 13.6 Å². The zero-order valence-corrected chi connectivity index (χ0v) is 6.50. The van der Waals surface area contributed by atoms with Crippen molar-refractivity contribution in [3.8, 4) is 0 Å². The molecule has 0 saturated carbocycles. The Morgan fingerprint density at radius 3 is 2.18 bits per heavy atom. The first-order valence-electron chi connectivity index (χ1n) is 3.22. The smallest absolute Gasteiger partial charge is 0.355 e. The van der Waals surface area contributed by atoms with Gasteiger partial charge in [0.2, 0.25) is 0 Å². The van der Waals surface area contributed by atoms with Crippen LogP contribution in [0.15, 0.2) is 0 Å². The Labute approximate surface area is 63.5 Å². The molecular formula is C6H11F3N2. The van der Waals surface area contributed by atoms with Crippen LogP contribution >= 0.6 is 0 Å². The molecule has 0 aliphatic rings. The lowest BCUT2D eigenvalue weighted by atomic mass is 10.4. The number of amidine groups is 1. The van der Waals surface area contributed by atoms with Gasteiger partial charge in [-0.15, -0.1) is 0 Å². The third kappa shape index (κ3) is 4.64. The fourth-order valence-electron chi connectivity index (χ4n) is 0.634. The lowest BCUT2D eigenvalue weighted by Gasteiger charge is -2.20. The van der Waals surface area contributed by atoms with E-state index in [9.17, 15) is 13.2 Å². The van der Waals surface area contributed by atoms with Gasteiger partial charge in [-0.25, -0.2) is 0 Å². The molecule has 0 radical (unpaired) electrons. The van der Waals surface area contributed by atoms with E-state index in [0.29, 0.717) is 6.42 Å². The molecule has 66 valence electrons. The highest BCUT2D eigenvalue weighted by atomic mass is 19.4. The molecule has 0 bridgehead atoms. The van der Waals surface area contributed by atoms with Crippen molar-refractivity contribution in [3.05, 3.63) is 0 Å². The summed E-state index contributed by atoms with van der Waals surface area (Å²) in [5.74, 6) is 0.00215. The van der Waals surface area contributed by atoms with Crippen LogP contribution in [0.3, 0.4) is 0 Å². The van der Waals surface area contributed by atoms with Crippen molar-refractivity contribution in [2.24, 2.45) is 0 Å². The van der Waals surface area contributed by atoms with E-state index in [1.807, 2.05) is 0 Å². The van der Waals surface area contributed by atoms with Crippen LogP contribution in [0, 0.1) is 5.41 Å². The van der Waals surface area contributed by atoms with Crippen LogP contribution in [0.2, 0.25) is 0 Å². The molecule has 0 saturated heterocycles. The average molecular weight is 168 g/mol. The maximum Gasteiger partial charge on any atom is 0.405 e. The summed E-state index contributed by atoms with van der Waals surface area (Å²) in [5.41, 5.74) is 0. The van der Waals surface area contributed by atoms with E-state index >= 15 is 0 Å². The molecule has 0 rings (SSSR count). The van der Waals surface area contributed by atoms with E-state index in [2.05, 4.69) is 0 Å². The van der Waals surface area contributed by atoms with Crippen LogP contribution in [0.25, 0.3) is 0 Å². The Morgan fingerprint density at radius 1 is 1.45 bits per heavy atom. The SMILES string of the molecule is CCC(=N)N(C)CC(F)(F)F. The molecule has 0 heterocycles. The number of nitrogens with zero attached hydrogens (tertiary/aromatic N) is 1. The first-order chi connectivity index (χ1) is 4.87. The number of nitrogens with one attached hydrogen (secondary N) is 1. The maximum absolute atomic E-state index is 11.7. The predicted molar refractivity (Wildman–Crippen MR) is 36.7 cm³/mol. The Kier molecular flexibility index (Phi) is 3.35. The van der Waals surface area contributed by atoms with Crippen LogP contribution < -0.4 is 0 Å². The third-order valence-corrected chi connectivity index (χ3v) is 1.21. The molecule has 0 aliphatic carbocycles. The summed E-state index contributed by atoms with van der Waals surface area (Å²) >= 11 is 0. The largest absolute Gasteiger partial charge is 0.405 e. The Hall–Kier alpha value is -0.740. The normalized spacial score (nSPS) is 11.4. The molecule has 0 aromatic rings. The average Bonchev–Trinajstić information content (AvgIpc) is 1.82. The van der Waals surface area contributed by atoms with E-state index in [1.54, 1.807) is 6.92 Å². The van der Waals surface area contributed by atoms with Crippen molar-refractivity contribution in [1.82, 2.24) is 4.90 Å². The second kappa shape index (κ2) is 3.59. The molecule has 0 aromatic heterocycles. The van der Waals surface area contributed by atoms with Gasteiger partial charge in [0.25, 0.3) is 0 Å². The van der Waals surface area contributed by atoms with Gasteiger partial charge in [-0.05, 0) is 0 Å². The highest BCUT2D eigenvalue weighted by molar-refractivity contribution is 5.78. The zero-order chi connectivity index (χ0) is 9.07. The van der Waals surface area contributed by atoms with Crippen LogP contribution in [-0.4, -0.2) is 30.5 Å². The Bertz CT molecular complexity index is 141. The van der Waals surface area contributed by atoms with Gasteiger partial charge in [-0.1, -0.05) is 6.92 Å². The molecule has 0 fully saturated rings. The van der Waals surface area contributed by atoms with Crippen molar-refractivity contribution in [2.45, 2.75) is 19.5 Å². The van der Waals surface area contributed by atoms with Gasteiger partial charge in [-0.2, -0.15) is 13.2 Å². The second-order valence-electron chi connectivity index (χ2n) is 2.27. The molecule has 0 atom stereocenters. The highest BCUT2D eigenvalue weighted by Gasteiger charge is 2.29. The number of halogens is 3. The third-order valence-electron chi connectivity index (χ3n) is 1.21. The van der Waals surface area contributed by atoms with Crippen LogP contribution in [0.1, 0.15) is 13.3 Å². The fourth-order valence-corrected chi connectivity index (χ4v) is 0.634. The lowest BCUT2D eigenvalue weighted by molar-refractivity contribution is -0.135. The fraction of sp³-hybridized carbons (Fsp3) is 0.833. The van der Waals surface area contributed by atoms with Crippen molar-refractivity contribution >= 4 is 5.84 Å². The summed E-state index contributed by atoms with van der Waals surface area (Å²) in [7, 11) is 1.26. The Morgan fingerprint density at radius 2 is 1.91 bits per heavy atom. The van der Waals surface area contributed by atoms with Gasteiger partial charge in [-0.3, -0.25) is 5.41 Å². The number of hydrogen-bond acceptors (Lipinski definition) is 1. The molecule has 5 heteroatoms.